The molecule has 0 amide bonds. The second-order valence-corrected chi connectivity index (χ2v) is 4.48. The van der Waals surface area contributed by atoms with Gasteiger partial charge in [-0.2, -0.15) is 0 Å². The third-order valence-corrected chi connectivity index (χ3v) is 2.94. The van der Waals surface area contributed by atoms with Crippen molar-refractivity contribution in [2.24, 2.45) is 0 Å². The van der Waals surface area contributed by atoms with Gasteiger partial charge >= 0.3 is 0 Å². The van der Waals surface area contributed by atoms with Gasteiger partial charge in [-0.05, 0) is 51.0 Å². The highest BCUT2D eigenvalue weighted by Gasteiger charge is 2.00. The minimum Gasteiger partial charge on any atom is -0.383 e. The second kappa shape index (κ2) is 6.41. The Morgan fingerprint density at radius 1 is 0.812 bits per heavy atom. The van der Waals surface area contributed by atoms with E-state index in [2.05, 4.69) is 62.6 Å². The lowest BCUT2D eigenvalue weighted by Gasteiger charge is -2.15. The Labute approximate surface area is 99.5 Å². The number of hydrogen-bond donors (Lipinski definition) is 2. The minimum atomic E-state index is 0.536. The number of hydrogen-bond acceptors (Lipinski definition) is 2. The second-order valence-electron chi connectivity index (χ2n) is 4.48. The maximum atomic E-state index is 3.46. The summed E-state index contributed by atoms with van der Waals surface area (Å²) in [5, 5.41) is 6.92. The Morgan fingerprint density at radius 2 is 1.12 bits per heavy atom. The maximum Gasteiger partial charge on any atom is 0.0343 e. The zero-order valence-electron chi connectivity index (χ0n) is 10.9. The van der Waals surface area contributed by atoms with Gasteiger partial charge in [-0.3, -0.25) is 0 Å². The quantitative estimate of drug-likeness (QED) is 0.754. The molecule has 2 N–H and O–H groups in total. The van der Waals surface area contributed by atoms with Crippen molar-refractivity contribution in [2.75, 3.05) is 10.6 Å². The van der Waals surface area contributed by atoms with Crippen molar-refractivity contribution in [2.45, 2.75) is 52.6 Å². The standard InChI is InChI=1S/C14H24N2/c1-5-11(3)15-13-7-9-14(10-8-13)16-12(4)6-2/h7-12,15-16H,5-6H2,1-4H3/t11-,12+. The molecule has 1 rings (SSSR count). The molecule has 0 aliphatic carbocycles. The molecule has 0 radical (unpaired) electrons. The summed E-state index contributed by atoms with van der Waals surface area (Å²) < 4.78 is 0. The summed E-state index contributed by atoms with van der Waals surface area (Å²) in [5.41, 5.74) is 2.40. The van der Waals surface area contributed by atoms with E-state index in [1.165, 1.54) is 11.4 Å². The smallest absolute Gasteiger partial charge is 0.0343 e. The SMILES string of the molecule is CC[C@@H](C)Nc1ccc(N[C@@H](C)CC)cc1. The van der Waals surface area contributed by atoms with Crippen molar-refractivity contribution in [3.8, 4) is 0 Å². The molecule has 1 aromatic rings. The highest BCUT2D eigenvalue weighted by molar-refractivity contribution is 5.54. The Kier molecular flexibility index (Phi) is 5.17. The first-order chi connectivity index (χ1) is 7.65. The highest BCUT2D eigenvalue weighted by Crippen LogP contribution is 2.16. The molecular weight excluding hydrogens is 196 g/mol. The van der Waals surface area contributed by atoms with Crippen molar-refractivity contribution >= 4 is 11.4 Å². The third kappa shape index (κ3) is 4.13. The summed E-state index contributed by atoms with van der Waals surface area (Å²) >= 11 is 0. The summed E-state index contributed by atoms with van der Waals surface area (Å²) in [5.74, 6) is 0. The molecule has 1 aromatic carbocycles. The lowest BCUT2D eigenvalue weighted by molar-refractivity contribution is 0.761. The Bertz CT molecular complexity index is 261. The van der Waals surface area contributed by atoms with Crippen LogP contribution < -0.4 is 10.6 Å². The van der Waals surface area contributed by atoms with E-state index in [9.17, 15) is 0 Å². The number of rotatable bonds is 6. The van der Waals surface area contributed by atoms with Gasteiger partial charge in [0.2, 0.25) is 0 Å². The van der Waals surface area contributed by atoms with Crippen molar-refractivity contribution < 1.29 is 0 Å². The summed E-state index contributed by atoms with van der Waals surface area (Å²) in [7, 11) is 0. The average Bonchev–Trinajstić information content (AvgIpc) is 2.31. The van der Waals surface area contributed by atoms with Gasteiger partial charge in [0.1, 0.15) is 0 Å². The van der Waals surface area contributed by atoms with Crippen LogP contribution in [0.1, 0.15) is 40.5 Å². The van der Waals surface area contributed by atoms with E-state index in [0.717, 1.165) is 12.8 Å². The lowest BCUT2D eigenvalue weighted by atomic mass is 10.2. The Morgan fingerprint density at radius 3 is 1.38 bits per heavy atom. The normalized spacial score (nSPS) is 14.2. The van der Waals surface area contributed by atoms with E-state index in [1.54, 1.807) is 0 Å². The molecule has 0 unspecified atom stereocenters. The fraction of sp³-hybridized carbons (Fsp3) is 0.571. The van der Waals surface area contributed by atoms with E-state index in [-0.39, 0.29) is 0 Å². The first kappa shape index (κ1) is 12.9. The van der Waals surface area contributed by atoms with Crippen molar-refractivity contribution in [3.63, 3.8) is 0 Å². The van der Waals surface area contributed by atoms with E-state index >= 15 is 0 Å². The zero-order chi connectivity index (χ0) is 12.0. The van der Waals surface area contributed by atoms with Crippen LogP contribution in [0.15, 0.2) is 24.3 Å². The van der Waals surface area contributed by atoms with Crippen molar-refractivity contribution in [1.82, 2.24) is 0 Å². The zero-order valence-corrected chi connectivity index (χ0v) is 10.9. The van der Waals surface area contributed by atoms with Crippen LogP contribution in [0.25, 0.3) is 0 Å². The van der Waals surface area contributed by atoms with Crippen LogP contribution in [0.5, 0.6) is 0 Å². The van der Waals surface area contributed by atoms with Crippen LogP contribution >= 0.6 is 0 Å². The molecule has 0 bridgehead atoms. The van der Waals surface area contributed by atoms with Gasteiger partial charge in [0.15, 0.2) is 0 Å². The largest absolute Gasteiger partial charge is 0.383 e. The average molecular weight is 220 g/mol. The summed E-state index contributed by atoms with van der Waals surface area (Å²) in [6.07, 6.45) is 2.29. The molecular formula is C14H24N2. The monoisotopic (exact) mass is 220 g/mol. The van der Waals surface area contributed by atoms with Crippen LogP contribution in [0.3, 0.4) is 0 Å². The predicted molar refractivity (Wildman–Crippen MR) is 73.2 cm³/mol. The highest BCUT2D eigenvalue weighted by atomic mass is 14.9. The van der Waals surface area contributed by atoms with Gasteiger partial charge in [0.25, 0.3) is 0 Å². The molecule has 0 aromatic heterocycles. The fourth-order valence-electron chi connectivity index (χ4n) is 1.44. The molecule has 0 aliphatic rings. The van der Waals surface area contributed by atoms with Gasteiger partial charge in [-0.15, -0.1) is 0 Å². The maximum absolute atomic E-state index is 3.46. The fourth-order valence-corrected chi connectivity index (χ4v) is 1.44. The number of anilines is 2. The topological polar surface area (TPSA) is 24.1 Å². The number of nitrogens with one attached hydrogen (secondary N) is 2. The third-order valence-electron chi connectivity index (χ3n) is 2.94. The first-order valence-corrected chi connectivity index (χ1v) is 6.28. The molecule has 0 saturated carbocycles. The molecule has 0 spiro atoms. The number of benzene rings is 1. The molecule has 0 heterocycles. The van der Waals surface area contributed by atoms with Gasteiger partial charge in [-0.25, -0.2) is 0 Å². The Hall–Kier alpha value is -1.18. The molecule has 0 saturated heterocycles. The van der Waals surface area contributed by atoms with E-state index in [4.69, 9.17) is 0 Å². The molecule has 90 valence electrons. The van der Waals surface area contributed by atoms with Crippen LogP contribution in [0.4, 0.5) is 11.4 Å². The predicted octanol–water partition coefficient (Wildman–Crippen LogP) is 4.11. The Balaban J connectivity index is 2.54. The van der Waals surface area contributed by atoms with Gasteiger partial charge < -0.3 is 10.6 Å². The van der Waals surface area contributed by atoms with Crippen LogP contribution in [0, 0.1) is 0 Å². The van der Waals surface area contributed by atoms with E-state index < -0.39 is 0 Å². The first-order valence-electron chi connectivity index (χ1n) is 6.28. The molecule has 2 nitrogen and oxygen atoms in total. The van der Waals surface area contributed by atoms with E-state index in [0.29, 0.717) is 12.1 Å². The molecule has 2 atom stereocenters. The molecule has 2 heteroatoms. The van der Waals surface area contributed by atoms with Crippen molar-refractivity contribution in [1.29, 1.82) is 0 Å². The van der Waals surface area contributed by atoms with Crippen LogP contribution in [-0.2, 0) is 0 Å². The minimum absolute atomic E-state index is 0.536. The van der Waals surface area contributed by atoms with Gasteiger partial charge in [0, 0.05) is 23.5 Å². The van der Waals surface area contributed by atoms with Crippen LogP contribution in [0.2, 0.25) is 0 Å². The van der Waals surface area contributed by atoms with E-state index in [1.807, 2.05) is 0 Å². The molecule has 16 heavy (non-hydrogen) atoms. The van der Waals surface area contributed by atoms with Gasteiger partial charge in [0.05, 0.1) is 0 Å². The molecule has 0 aliphatic heterocycles. The van der Waals surface area contributed by atoms with Crippen molar-refractivity contribution in [3.05, 3.63) is 24.3 Å². The lowest BCUT2D eigenvalue weighted by Crippen LogP contribution is -2.14. The van der Waals surface area contributed by atoms with Crippen LogP contribution in [-0.4, -0.2) is 12.1 Å². The van der Waals surface area contributed by atoms with Gasteiger partial charge in [-0.1, -0.05) is 13.8 Å². The molecule has 0 fully saturated rings. The summed E-state index contributed by atoms with van der Waals surface area (Å²) in [6.45, 7) is 8.78. The summed E-state index contributed by atoms with van der Waals surface area (Å²) in [4.78, 5) is 0. The summed E-state index contributed by atoms with van der Waals surface area (Å²) in [6, 6.07) is 9.61.